The monoisotopic (exact) mass is 379 g/mol. The lowest BCUT2D eigenvalue weighted by Crippen LogP contribution is -2.47. The number of carbonyl (C=O) groups is 2. The molecular formula is C18H19F2N3O2S. The fraction of sp³-hybridized carbons (Fsp3) is 0.389. The van der Waals surface area contributed by atoms with E-state index in [1.54, 1.807) is 5.38 Å². The maximum Gasteiger partial charge on any atom is 0.249 e. The Morgan fingerprint density at radius 3 is 2.62 bits per heavy atom. The summed E-state index contributed by atoms with van der Waals surface area (Å²) in [5.41, 5.74) is 0.871. The molecule has 138 valence electrons. The Balaban J connectivity index is 1.73. The van der Waals surface area contributed by atoms with Crippen LogP contribution in [-0.2, 0) is 9.59 Å². The van der Waals surface area contributed by atoms with Gasteiger partial charge in [-0.25, -0.2) is 13.8 Å². The first-order valence-corrected chi connectivity index (χ1v) is 9.31. The Morgan fingerprint density at radius 1 is 1.23 bits per heavy atom. The summed E-state index contributed by atoms with van der Waals surface area (Å²) in [5.74, 6) is -2.32. The molecule has 3 rings (SSSR count). The molecule has 1 aliphatic rings. The summed E-state index contributed by atoms with van der Waals surface area (Å²) >= 11 is 1.19. The molecule has 1 aliphatic carbocycles. The third-order valence-corrected chi connectivity index (χ3v) is 5.22. The molecule has 0 aliphatic heterocycles. The van der Waals surface area contributed by atoms with Crippen molar-refractivity contribution in [3.8, 4) is 11.3 Å². The van der Waals surface area contributed by atoms with Crippen LogP contribution in [0.5, 0.6) is 0 Å². The van der Waals surface area contributed by atoms with E-state index in [9.17, 15) is 18.4 Å². The molecule has 1 aromatic carbocycles. The lowest BCUT2D eigenvalue weighted by molar-refractivity contribution is -0.126. The molecule has 0 bridgehead atoms. The van der Waals surface area contributed by atoms with E-state index in [0.29, 0.717) is 16.4 Å². The highest BCUT2D eigenvalue weighted by molar-refractivity contribution is 7.14. The summed E-state index contributed by atoms with van der Waals surface area (Å²) in [5, 5.41) is 7.46. The zero-order valence-electron chi connectivity index (χ0n) is 14.2. The van der Waals surface area contributed by atoms with Gasteiger partial charge in [-0.3, -0.25) is 9.59 Å². The van der Waals surface area contributed by atoms with Crippen LogP contribution in [0.1, 0.15) is 32.6 Å². The summed E-state index contributed by atoms with van der Waals surface area (Å²) in [6.45, 7) is 1.39. The van der Waals surface area contributed by atoms with Crippen molar-refractivity contribution < 1.29 is 18.4 Å². The zero-order chi connectivity index (χ0) is 18.7. The Kier molecular flexibility index (Phi) is 5.61. The van der Waals surface area contributed by atoms with Crippen LogP contribution in [0, 0.1) is 17.6 Å². The number of thiazole rings is 1. The quantitative estimate of drug-likeness (QED) is 0.832. The van der Waals surface area contributed by atoms with Gasteiger partial charge in [-0.1, -0.05) is 12.8 Å². The molecule has 2 amide bonds. The number of aromatic nitrogens is 1. The van der Waals surface area contributed by atoms with Crippen LogP contribution >= 0.6 is 11.3 Å². The molecule has 2 N–H and O–H groups in total. The number of hydrogen-bond acceptors (Lipinski definition) is 4. The number of hydrogen-bond donors (Lipinski definition) is 2. The van der Waals surface area contributed by atoms with Gasteiger partial charge >= 0.3 is 0 Å². The highest BCUT2D eigenvalue weighted by Gasteiger charge is 2.31. The van der Waals surface area contributed by atoms with Crippen LogP contribution in [-0.4, -0.2) is 22.8 Å². The second-order valence-electron chi connectivity index (χ2n) is 6.38. The van der Waals surface area contributed by atoms with E-state index in [4.69, 9.17) is 0 Å². The number of nitrogens with zero attached hydrogens (tertiary/aromatic N) is 1. The van der Waals surface area contributed by atoms with E-state index in [2.05, 4.69) is 15.6 Å². The minimum atomic E-state index is -0.951. The molecule has 1 saturated carbocycles. The maximum absolute atomic E-state index is 13.4. The van der Waals surface area contributed by atoms with Crippen molar-refractivity contribution in [2.75, 3.05) is 5.32 Å². The largest absolute Gasteiger partial charge is 0.344 e. The standard InChI is InChI=1S/C18H19F2N3O2S/c1-10(24)21-16(11-4-2-3-5-11)17(25)23-18-22-15(9-26-18)12-6-7-13(19)14(20)8-12/h6-9,11,16H,2-5H2,1H3,(H,21,24)(H,22,23,25)/t16-/m0/s1. The minimum Gasteiger partial charge on any atom is -0.344 e. The highest BCUT2D eigenvalue weighted by Crippen LogP contribution is 2.30. The molecule has 0 saturated heterocycles. The lowest BCUT2D eigenvalue weighted by atomic mass is 9.97. The predicted molar refractivity (Wildman–Crippen MR) is 95.7 cm³/mol. The van der Waals surface area contributed by atoms with Gasteiger partial charge in [-0.2, -0.15) is 0 Å². The first-order chi connectivity index (χ1) is 12.4. The van der Waals surface area contributed by atoms with Crippen molar-refractivity contribution in [1.29, 1.82) is 0 Å². The fourth-order valence-corrected chi connectivity index (χ4v) is 3.93. The molecule has 1 aromatic heterocycles. The molecule has 8 heteroatoms. The van der Waals surface area contributed by atoms with Crippen molar-refractivity contribution >= 4 is 28.3 Å². The van der Waals surface area contributed by atoms with Gasteiger partial charge in [-0.15, -0.1) is 11.3 Å². The van der Waals surface area contributed by atoms with Gasteiger partial charge in [0.15, 0.2) is 16.8 Å². The average molecular weight is 379 g/mol. The number of nitrogens with one attached hydrogen (secondary N) is 2. The normalized spacial score (nSPS) is 15.7. The topological polar surface area (TPSA) is 71.1 Å². The second-order valence-corrected chi connectivity index (χ2v) is 7.24. The van der Waals surface area contributed by atoms with Crippen LogP contribution in [0.4, 0.5) is 13.9 Å². The number of halogens is 2. The van der Waals surface area contributed by atoms with E-state index in [0.717, 1.165) is 37.8 Å². The average Bonchev–Trinajstić information content (AvgIpc) is 3.27. The Labute approximate surface area is 153 Å². The number of amides is 2. The second kappa shape index (κ2) is 7.90. The molecule has 0 spiro atoms. The van der Waals surface area contributed by atoms with Crippen LogP contribution in [0.3, 0.4) is 0 Å². The zero-order valence-corrected chi connectivity index (χ0v) is 15.0. The molecular weight excluding hydrogens is 360 g/mol. The molecule has 0 unspecified atom stereocenters. The molecule has 1 heterocycles. The van der Waals surface area contributed by atoms with Gasteiger partial charge in [0.05, 0.1) is 5.69 Å². The SMILES string of the molecule is CC(=O)N[C@H](C(=O)Nc1nc(-c2ccc(F)c(F)c2)cs1)C1CCCC1. The van der Waals surface area contributed by atoms with E-state index in [1.807, 2.05) is 0 Å². The highest BCUT2D eigenvalue weighted by atomic mass is 32.1. The van der Waals surface area contributed by atoms with Crippen molar-refractivity contribution in [3.05, 3.63) is 35.2 Å². The molecule has 1 atom stereocenters. The first kappa shape index (κ1) is 18.4. The summed E-state index contributed by atoms with van der Waals surface area (Å²) in [7, 11) is 0. The fourth-order valence-electron chi connectivity index (χ4n) is 3.21. The van der Waals surface area contributed by atoms with Crippen molar-refractivity contribution in [1.82, 2.24) is 10.3 Å². The van der Waals surface area contributed by atoms with Gasteiger partial charge in [0.1, 0.15) is 6.04 Å². The summed E-state index contributed by atoms with van der Waals surface area (Å²) in [6.07, 6.45) is 3.89. The Hall–Kier alpha value is -2.35. The molecule has 1 fully saturated rings. The minimum absolute atomic E-state index is 0.115. The number of anilines is 1. The van der Waals surface area contributed by atoms with Gasteiger partial charge in [0.25, 0.3) is 0 Å². The first-order valence-electron chi connectivity index (χ1n) is 8.43. The Bertz CT molecular complexity index is 819. The van der Waals surface area contributed by atoms with E-state index < -0.39 is 17.7 Å². The number of carbonyl (C=O) groups excluding carboxylic acids is 2. The van der Waals surface area contributed by atoms with Gasteiger partial charge < -0.3 is 10.6 Å². The third kappa shape index (κ3) is 4.24. The summed E-state index contributed by atoms with van der Waals surface area (Å²) in [4.78, 5) is 28.3. The van der Waals surface area contributed by atoms with Crippen LogP contribution in [0.15, 0.2) is 23.6 Å². The van der Waals surface area contributed by atoms with Crippen molar-refractivity contribution in [2.45, 2.75) is 38.6 Å². The lowest BCUT2D eigenvalue weighted by Gasteiger charge is -2.22. The van der Waals surface area contributed by atoms with E-state index >= 15 is 0 Å². The van der Waals surface area contributed by atoms with Crippen LogP contribution in [0.25, 0.3) is 11.3 Å². The van der Waals surface area contributed by atoms with E-state index in [1.165, 1.54) is 24.3 Å². The summed E-state index contributed by atoms with van der Waals surface area (Å²) < 4.78 is 26.4. The summed E-state index contributed by atoms with van der Waals surface area (Å²) in [6, 6.07) is 2.94. The maximum atomic E-state index is 13.4. The van der Waals surface area contributed by atoms with Gasteiger partial charge in [0.2, 0.25) is 11.8 Å². The van der Waals surface area contributed by atoms with Gasteiger partial charge in [-0.05, 0) is 37.0 Å². The molecule has 5 nitrogen and oxygen atoms in total. The Morgan fingerprint density at radius 2 is 1.96 bits per heavy atom. The van der Waals surface area contributed by atoms with Crippen molar-refractivity contribution in [3.63, 3.8) is 0 Å². The molecule has 0 radical (unpaired) electrons. The van der Waals surface area contributed by atoms with Gasteiger partial charge in [0, 0.05) is 17.9 Å². The van der Waals surface area contributed by atoms with Crippen molar-refractivity contribution in [2.24, 2.45) is 5.92 Å². The smallest absolute Gasteiger partial charge is 0.249 e. The third-order valence-electron chi connectivity index (χ3n) is 4.46. The predicted octanol–water partition coefficient (Wildman–Crippen LogP) is 3.72. The number of benzene rings is 1. The molecule has 26 heavy (non-hydrogen) atoms. The number of rotatable bonds is 5. The van der Waals surface area contributed by atoms with Crippen LogP contribution < -0.4 is 10.6 Å². The molecule has 2 aromatic rings. The van der Waals surface area contributed by atoms with Crippen LogP contribution in [0.2, 0.25) is 0 Å². The van der Waals surface area contributed by atoms with E-state index in [-0.39, 0.29) is 17.7 Å².